The van der Waals surface area contributed by atoms with E-state index < -0.39 is 11.7 Å². The minimum Gasteiger partial charge on any atom is -0.497 e. The first-order valence-corrected chi connectivity index (χ1v) is 10.5. The van der Waals surface area contributed by atoms with Gasteiger partial charge in [0.15, 0.2) is 0 Å². The minimum atomic E-state index is -0.959. The third-order valence-corrected chi connectivity index (χ3v) is 5.21. The van der Waals surface area contributed by atoms with Crippen LogP contribution >= 0.6 is 0 Å². The van der Waals surface area contributed by atoms with Gasteiger partial charge in [-0.1, -0.05) is 60.7 Å². The molecule has 0 saturated carbocycles. The molecule has 3 aromatic carbocycles. The molecule has 0 bridgehead atoms. The van der Waals surface area contributed by atoms with E-state index in [-0.39, 0.29) is 13.2 Å². The topological polar surface area (TPSA) is 57.2 Å². The summed E-state index contributed by atoms with van der Waals surface area (Å²) >= 11 is 0. The van der Waals surface area contributed by atoms with Gasteiger partial charge in [0.25, 0.3) is 0 Å². The number of benzene rings is 3. The quantitative estimate of drug-likeness (QED) is 0.257. The van der Waals surface area contributed by atoms with Crippen LogP contribution in [0.25, 0.3) is 0 Å². The number of methoxy groups -OCH3 is 2. The second-order valence-corrected chi connectivity index (χ2v) is 7.30. The molecule has 1 N–H and O–H groups in total. The SMILES string of the molecule is C=CCOC[C@H](O)COC(c1ccccc1)(c1ccc(OC)cc1)c1ccc(OC)cc1. The highest BCUT2D eigenvalue weighted by Crippen LogP contribution is 2.41. The molecular weight excluding hydrogens is 404 g/mol. The zero-order chi connectivity index (χ0) is 22.8. The molecule has 0 aliphatic carbocycles. The van der Waals surface area contributed by atoms with Gasteiger partial charge in [0.1, 0.15) is 23.2 Å². The van der Waals surface area contributed by atoms with Crippen molar-refractivity contribution in [1.29, 1.82) is 0 Å². The van der Waals surface area contributed by atoms with Gasteiger partial charge in [-0.3, -0.25) is 0 Å². The van der Waals surface area contributed by atoms with Gasteiger partial charge < -0.3 is 24.1 Å². The molecular formula is C27H30O5. The van der Waals surface area contributed by atoms with Gasteiger partial charge in [-0.05, 0) is 41.0 Å². The van der Waals surface area contributed by atoms with E-state index in [1.165, 1.54) is 0 Å². The van der Waals surface area contributed by atoms with Crippen LogP contribution in [-0.2, 0) is 15.1 Å². The summed E-state index contributed by atoms with van der Waals surface area (Å²) < 4.78 is 22.7. The lowest BCUT2D eigenvalue weighted by Crippen LogP contribution is -2.36. The van der Waals surface area contributed by atoms with Gasteiger partial charge in [-0.15, -0.1) is 6.58 Å². The summed E-state index contributed by atoms with van der Waals surface area (Å²) in [4.78, 5) is 0. The fourth-order valence-electron chi connectivity index (χ4n) is 3.63. The summed E-state index contributed by atoms with van der Waals surface area (Å²) in [6.07, 6.45) is 0.853. The smallest absolute Gasteiger partial charge is 0.143 e. The molecule has 0 amide bonds. The monoisotopic (exact) mass is 434 g/mol. The largest absolute Gasteiger partial charge is 0.497 e. The first kappa shape index (κ1) is 23.5. The third kappa shape index (κ3) is 5.37. The van der Waals surface area contributed by atoms with E-state index in [9.17, 15) is 5.11 Å². The van der Waals surface area contributed by atoms with E-state index in [0.29, 0.717) is 6.61 Å². The maximum absolute atomic E-state index is 10.5. The van der Waals surface area contributed by atoms with Crippen molar-refractivity contribution in [2.75, 3.05) is 34.0 Å². The molecule has 1 atom stereocenters. The normalized spacial score (nSPS) is 12.2. The van der Waals surface area contributed by atoms with Crippen LogP contribution < -0.4 is 9.47 Å². The molecule has 3 aromatic rings. The van der Waals surface area contributed by atoms with Gasteiger partial charge >= 0.3 is 0 Å². The van der Waals surface area contributed by atoms with Crippen LogP contribution in [-0.4, -0.2) is 45.3 Å². The molecule has 0 unspecified atom stereocenters. The Morgan fingerprint density at radius 1 is 0.781 bits per heavy atom. The van der Waals surface area contributed by atoms with Gasteiger partial charge in [-0.2, -0.15) is 0 Å². The number of aliphatic hydroxyl groups is 1. The molecule has 5 nitrogen and oxygen atoms in total. The predicted octanol–water partition coefficient (Wildman–Crippen LogP) is 4.58. The number of hydrogen-bond acceptors (Lipinski definition) is 5. The van der Waals surface area contributed by atoms with Crippen LogP contribution in [0.5, 0.6) is 11.5 Å². The molecule has 0 aromatic heterocycles. The molecule has 0 radical (unpaired) electrons. The summed E-state index contributed by atoms with van der Waals surface area (Å²) in [6.45, 7) is 4.23. The van der Waals surface area contributed by atoms with E-state index in [0.717, 1.165) is 28.2 Å². The van der Waals surface area contributed by atoms with E-state index >= 15 is 0 Å². The first-order chi connectivity index (χ1) is 15.6. The highest BCUT2D eigenvalue weighted by Gasteiger charge is 2.38. The molecule has 0 saturated heterocycles. The van der Waals surface area contributed by atoms with E-state index in [1.807, 2.05) is 78.9 Å². The number of rotatable bonds is 12. The summed E-state index contributed by atoms with van der Waals surface area (Å²) in [7, 11) is 3.28. The van der Waals surface area contributed by atoms with Crippen molar-refractivity contribution in [3.05, 3.63) is 108 Å². The van der Waals surface area contributed by atoms with Crippen LogP contribution in [0.15, 0.2) is 91.5 Å². The Morgan fingerprint density at radius 3 is 1.75 bits per heavy atom. The Kier molecular flexibility index (Phi) is 8.45. The molecule has 3 rings (SSSR count). The van der Waals surface area contributed by atoms with Crippen molar-refractivity contribution < 1.29 is 24.1 Å². The molecule has 168 valence electrons. The van der Waals surface area contributed by atoms with Crippen molar-refractivity contribution in [2.45, 2.75) is 11.7 Å². The lowest BCUT2D eigenvalue weighted by atomic mass is 9.80. The van der Waals surface area contributed by atoms with Gasteiger partial charge in [0, 0.05) is 0 Å². The Bertz CT molecular complexity index is 904. The second kappa shape index (κ2) is 11.5. The van der Waals surface area contributed by atoms with Crippen LogP contribution in [0.2, 0.25) is 0 Å². The average Bonchev–Trinajstić information content (AvgIpc) is 2.86. The second-order valence-electron chi connectivity index (χ2n) is 7.30. The summed E-state index contributed by atoms with van der Waals surface area (Å²) in [5.41, 5.74) is 1.80. The van der Waals surface area contributed by atoms with Crippen molar-refractivity contribution in [3.63, 3.8) is 0 Å². The highest BCUT2D eigenvalue weighted by atomic mass is 16.5. The van der Waals surface area contributed by atoms with E-state index in [4.69, 9.17) is 18.9 Å². The average molecular weight is 435 g/mol. The van der Waals surface area contributed by atoms with Crippen LogP contribution in [0, 0.1) is 0 Å². The summed E-state index contributed by atoms with van der Waals surface area (Å²) in [5, 5.41) is 10.5. The fraction of sp³-hybridized carbons (Fsp3) is 0.259. The third-order valence-electron chi connectivity index (χ3n) is 5.21. The molecule has 0 heterocycles. The summed E-state index contributed by atoms with van der Waals surface area (Å²) in [6, 6.07) is 25.5. The number of hydrogen-bond donors (Lipinski definition) is 1. The molecule has 0 fully saturated rings. The fourth-order valence-corrected chi connectivity index (χ4v) is 3.63. The zero-order valence-corrected chi connectivity index (χ0v) is 18.6. The first-order valence-electron chi connectivity index (χ1n) is 10.5. The standard InChI is InChI=1S/C27H30O5/c1-4-18-31-19-24(28)20-32-27(21-8-6-5-7-9-21,22-10-14-25(29-2)15-11-22)23-12-16-26(30-3)17-13-23/h4-17,24,28H,1,18-20H2,2-3H3/t24-/m0/s1. The van der Waals surface area contributed by atoms with Gasteiger partial charge in [0.05, 0.1) is 34.0 Å². The maximum Gasteiger partial charge on any atom is 0.143 e. The molecule has 0 spiro atoms. The van der Waals surface area contributed by atoms with E-state index in [1.54, 1.807) is 20.3 Å². The lowest BCUT2D eigenvalue weighted by Gasteiger charge is -2.36. The Balaban J connectivity index is 2.09. The lowest BCUT2D eigenvalue weighted by molar-refractivity contribution is -0.0612. The number of aliphatic hydroxyl groups excluding tert-OH is 1. The summed E-state index contributed by atoms with van der Waals surface area (Å²) in [5.74, 6) is 1.51. The Hall–Kier alpha value is -3.12. The predicted molar refractivity (Wildman–Crippen MR) is 125 cm³/mol. The van der Waals surface area contributed by atoms with Gasteiger partial charge in [-0.25, -0.2) is 0 Å². The minimum absolute atomic E-state index is 0.0735. The highest BCUT2D eigenvalue weighted by molar-refractivity contribution is 5.49. The van der Waals surface area contributed by atoms with Crippen molar-refractivity contribution in [2.24, 2.45) is 0 Å². The Morgan fingerprint density at radius 2 is 1.28 bits per heavy atom. The molecule has 0 aliphatic rings. The van der Waals surface area contributed by atoms with Crippen molar-refractivity contribution in [1.82, 2.24) is 0 Å². The maximum atomic E-state index is 10.5. The van der Waals surface area contributed by atoms with Crippen molar-refractivity contribution >= 4 is 0 Å². The van der Waals surface area contributed by atoms with Crippen molar-refractivity contribution in [3.8, 4) is 11.5 Å². The Labute approximate surface area is 189 Å². The molecule has 32 heavy (non-hydrogen) atoms. The van der Waals surface area contributed by atoms with Crippen LogP contribution in [0.3, 0.4) is 0 Å². The van der Waals surface area contributed by atoms with E-state index in [2.05, 4.69) is 6.58 Å². The zero-order valence-electron chi connectivity index (χ0n) is 18.6. The molecule has 0 aliphatic heterocycles. The van der Waals surface area contributed by atoms with Crippen LogP contribution in [0.1, 0.15) is 16.7 Å². The van der Waals surface area contributed by atoms with Gasteiger partial charge in [0.2, 0.25) is 0 Å². The molecule has 5 heteroatoms. The number of ether oxygens (including phenoxy) is 4. The van der Waals surface area contributed by atoms with Crippen LogP contribution in [0.4, 0.5) is 0 Å².